The highest BCUT2D eigenvalue weighted by Gasteiger charge is 1.96. The third-order valence-electron chi connectivity index (χ3n) is 0.687. The minimum atomic E-state index is -0.597. The van der Waals surface area contributed by atoms with E-state index in [-0.39, 0.29) is 0 Å². The highest BCUT2D eigenvalue weighted by Crippen LogP contribution is 1.98. The van der Waals surface area contributed by atoms with E-state index in [2.05, 4.69) is 9.40 Å². The second kappa shape index (κ2) is 1.33. The van der Waals surface area contributed by atoms with E-state index < -0.39 is 6.01 Å². The molecule has 7 heavy (non-hydrogen) atoms. The van der Waals surface area contributed by atoms with Crippen molar-refractivity contribution in [3.8, 4) is 0 Å². The van der Waals surface area contributed by atoms with Crippen LogP contribution >= 0.6 is 0 Å². The first-order valence-electron chi connectivity index (χ1n) is 1.86. The predicted molar refractivity (Wildman–Crippen MR) is 21.2 cm³/mol. The molecular formula is C4H4FNO. The maximum atomic E-state index is 11.8. The molecule has 0 atom stereocenters. The second-order valence-electron chi connectivity index (χ2n) is 1.21. The van der Waals surface area contributed by atoms with Crippen molar-refractivity contribution in [2.75, 3.05) is 0 Å². The zero-order valence-electron chi connectivity index (χ0n) is 3.81. The highest BCUT2D eigenvalue weighted by molar-refractivity contribution is 4.87. The molecule has 1 heterocycles. The molecule has 0 N–H and O–H groups in total. The van der Waals surface area contributed by atoms with E-state index in [0.717, 1.165) is 6.39 Å². The Kier molecular flexibility index (Phi) is 0.817. The summed E-state index contributed by atoms with van der Waals surface area (Å²) in [6.07, 6.45) is 1.07. The first-order valence-corrected chi connectivity index (χ1v) is 1.86. The Hall–Kier alpha value is -0.860. The van der Waals surface area contributed by atoms with Gasteiger partial charge in [-0.05, 0) is 6.92 Å². The summed E-state index contributed by atoms with van der Waals surface area (Å²) in [5.74, 6) is 0. The van der Waals surface area contributed by atoms with Crippen LogP contribution in [0.15, 0.2) is 10.8 Å². The normalized spacial score (nSPS) is 9.43. The van der Waals surface area contributed by atoms with Crippen molar-refractivity contribution >= 4 is 0 Å². The van der Waals surface area contributed by atoms with E-state index in [4.69, 9.17) is 0 Å². The summed E-state index contributed by atoms with van der Waals surface area (Å²) in [6, 6.07) is -0.597. The molecule has 1 rings (SSSR count). The van der Waals surface area contributed by atoms with E-state index in [0.29, 0.717) is 5.69 Å². The molecule has 1 aromatic heterocycles. The van der Waals surface area contributed by atoms with Crippen LogP contribution in [-0.2, 0) is 0 Å². The summed E-state index contributed by atoms with van der Waals surface area (Å²) in [4.78, 5) is 3.47. The highest BCUT2D eigenvalue weighted by atomic mass is 19.1. The van der Waals surface area contributed by atoms with Gasteiger partial charge in [-0.25, -0.2) is 4.98 Å². The van der Waals surface area contributed by atoms with Crippen LogP contribution in [0, 0.1) is 12.9 Å². The Labute approximate surface area is 40.0 Å². The van der Waals surface area contributed by atoms with E-state index in [1.165, 1.54) is 0 Å². The lowest BCUT2D eigenvalue weighted by molar-refractivity contribution is 0.354. The fourth-order valence-corrected chi connectivity index (χ4v) is 0.288. The van der Waals surface area contributed by atoms with Crippen LogP contribution in [0.4, 0.5) is 4.39 Å². The minimum absolute atomic E-state index is 0.306. The van der Waals surface area contributed by atoms with E-state index in [9.17, 15) is 4.39 Å². The first kappa shape index (κ1) is 4.30. The topological polar surface area (TPSA) is 26.0 Å². The average Bonchev–Trinajstić information content (AvgIpc) is 1.91. The van der Waals surface area contributed by atoms with Gasteiger partial charge in [0.15, 0.2) is 6.39 Å². The molecule has 0 saturated heterocycles. The van der Waals surface area contributed by atoms with Crippen LogP contribution in [0.2, 0.25) is 0 Å². The zero-order chi connectivity index (χ0) is 5.28. The maximum Gasteiger partial charge on any atom is 0.300 e. The summed E-state index contributed by atoms with van der Waals surface area (Å²) < 4.78 is 16.0. The monoisotopic (exact) mass is 101 g/mol. The van der Waals surface area contributed by atoms with Gasteiger partial charge in [-0.15, -0.1) is 0 Å². The molecule has 0 aromatic carbocycles. The Balaban J connectivity index is 3.12. The lowest BCUT2D eigenvalue weighted by Crippen LogP contribution is -1.70. The number of aromatic nitrogens is 1. The largest absolute Gasteiger partial charge is 0.418 e. The number of hydrogen-bond acceptors (Lipinski definition) is 2. The van der Waals surface area contributed by atoms with Crippen LogP contribution in [-0.4, -0.2) is 4.98 Å². The van der Waals surface area contributed by atoms with E-state index >= 15 is 0 Å². The van der Waals surface area contributed by atoms with Crippen molar-refractivity contribution in [3.05, 3.63) is 18.1 Å². The predicted octanol–water partition coefficient (Wildman–Crippen LogP) is 1.12. The molecule has 3 heteroatoms. The van der Waals surface area contributed by atoms with Crippen LogP contribution in [0.3, 0.4) is 0 Å². The van der Waals surface area contributed by atoms with Gasteiger partial charge in [-0.1, -0.05) is 0 Å². The Bertz CT molecular complexity index is 144. The van der Waals surface area contributed by atoms with Crippen LogP contribution < -0.4 is 0 Å². The number of nitrogens with zero attached hydrogens (tertiary/aromatic N) is 1. The molecule has 0 bridgehead atoms. The van der Waals surface area contributed by atoms with Gasteiger partial charge in [0.2, 0.25) is 0 Å². The fourth-order valence-electron chi connectivity index (χ4n) is 0.288. The van der Waals surface area contributed by atoms with Gasteiger partial charge in [-0.2, -0.15) is 4.39 Å². The molecule has 0 aliphatic rings. The van der Waals surface area contributed by atoms with Crippen LogP contribution in [0.25, 0.3) is 0 Å². The van der Waals surface area contributed by atoms with Gasteiger partial charge in [0.05, 0.1) is 0 Å². The fraction of sp³-hybridized carbons (Fsp3) is 0.250. The van der Waals surface area contributed by atoms with Gasteiger partial charge in [-0.3, -0.25) is 0 Å². The summed E-state index contributed by atoms with van der Waals surface area (Å²) >= 11 is 0. The molecule has 2 nitrogen and oxygen atoms in total. The third kappa shape index (κ3) is 0.607. The van der Waals surface area contributed by atoms with Crippen molar-refractivity contribution in [2.45, 2.75) is 6.92 Å². The quantitative estimate of drug-likeness (QED) is 0.489. The van der Waals surface area contributed by atoms with E-state index in [1.807, 2.05) is 0 Å². The molecular weight excluding hydrogens is 97.0 g/mol. The summed E-state index contributed by atoms with van der Waals surface area (Å²) in [5.41, 5.74) is 0.306. The third-order valence-corrected chi connectivity index (χ3v) is 0.687. The van der Waals surface area contributed by atoms with Crippen molar-refractivity contribution < 1.29 is 8.81 Å². The smallest absolute Gasteiger partial charge is 0.300 e. The standard InChI is InChI=1S/C4H4FNO/c1-3-4(5)7-2-6-3/h2H,1H3. The minimum Gasteiger partial charge on any atom is -0.418 e. The van der Waals surface area contributed by atoms with Gasteiger partial charge < -0.3 is 4.42 Å². The Morgan fingerprint density at radius 2 is 2.57 bits per heavy atom. The number of halogens is 1. The van der Waals surface area contributed by atoms with Crippen LogP contribution in [0.1, 0.15) is 5.69 Å². The molecule has 38 valence electrons. The number of oxazole rings is 1. The molecule has 0 saturated carbocycles. The molecule has 0 amide bonds. The lowest BCUT2D eigenvalue weighted by atomic mass is 10.6. The van der Waals surface area contributed by atoms with Gasteiger partial charge in [0, 0.05) is 0 Å². The van der Waals surface area contributed by atoms with Gasteiger partial charge in [0.25, 0.3) is 0 Å². The lowest BCUT2D eigenvalue weighted by Gasteiger charge is -1.71. The van der Waals surface area contributed by atoms with Crippen molar-refractivity contribution in [2.24, 2.45) is 0 Å². The first-order chi connectivity index (χ1) is 3.30. The van der Waals surface area contributed by atoms with Crippen molar-refractivity contribution in [3.63, 3.8) is 0 Å². The summed E-state index contributed by atoms with van der Waals surface area (Å²) in [7, 11) is 0. The zero-order valence-corrected chi connectivity index (χ0v) is 3.81. The SMILES string of the molecule is Cc1ncoc1F. The summed E-state index contributed by atoms with van der Waals surface area (Å²) in [6.45, 7) is 1.54. The summed E-state index contributed by atoms with van der Waals surface area (Å²) in [5, 5.41) is 0. The molecule has 0 radical (unpaired) electrons. The molecule has 0 spiro atoms. The van der Waals surface area contributed by atoms with E-state index in [1.54, 1.807) is 6.92 Å². The Morgan fingerprint density at radius 1 is 1.86 bits per heavy atom. The molecule has 0 unspecified atom stereocenters. The average molecular weight is 101 g/mol. The molecule has 1 aromatic rings. The number of rotatable bonds is 0. The number of aryl methyl sites for hydroxylation is 1. The molecule has 0 aliphatic carbocycles. The number of hydrogen-bond donors (Lipinski definition) is 0. The van der Waals surface area contributed by atoms with Crippen molar-refractivity contribution in [1.82, 2.24) is 4.98 Å². The second-order valence-corrected chi connectivity index (χ2v) is 1.21. The molecule has 0 aliphatic heterocycles. The Morgan fingerprint density at radius 3 is 2.71 bits per heavy atom. The molecule has 0 fully saturated rings. The van der Waals surface area contributed by atoms with Crippen molar-refractivity contribution in [1.29, 1.82) is 0 Å². The van der Waals surface area contributed by atoms with Crippen LogP contribution in [0.5, 0.6) is 0 Å². The van der Waals surface area contributed by atoms with Gasteiger partial charge in [0.1, 0.15) is 5.69 Å². The maximum absolute atomic E-state index is 11.8. The van der Waals surface area contributed by atoms with Gasteiger partial charge >= 0.3 is 6.01 Å².